The van der Waals surface area contributed by atoms with Crippen LogP contribution >= 0.6 is 15.9 Å². The van der Waals surface area contributed by atoms with Gasteiger partial charge in [-0.1, -0.05) is 6.07 Å². The van der Waals surface area contributed by atoms with Crippen molar-refractivity contribution >= 4 is 27.3 Å². The molecule has 0 spiro atoms. The molecule has 0 fully saturated rings. The number of aromatic nitrogens is 1. The minimum absolute atomic E-state index is 0.000956. The Labute approximate surface area is 126 Å². The van der Waals surface area contributed by atoms with E-state index in [1.54, 1.807) is 0 Å². The average Bonchev–Trinajstić information content (AvgIpc) is 2.28. The zero-order chi connectivity index (χ0) is 14.7. The highest BCUT2D eigenvalue weighted by molar-refractivity contribution is 9.10. The molecule has 0 saturated carbocycles. The van der Waals surface area contributed by atoms with Gasteiger partial charge >= 0.3 is 0 Å². The Morgan fingerprint density at radius 3 is 2.47 bits per heavy atom. The van der Waals surface area contributed by atoms with Crippen LogP contribution < -0.4 is 4.72 Å². The van der Waals surface area contributed by atoms with Crippen LogP contribution in [-0.4, -0.2) is 26.0 Å². The molecule has 0 bridgehead atoms. The van der Waals surface area contributed by atoms with E-state index in [9.17, 15) is 9.66 Å². The Morgan fingerprint density at radius 1 is 1.37 bits per heavy atom. The highest BCUT2D eigenvalue weighted by Gasteiger charge is 2.37. The smallest absolute Gasteiger partial charge is 0.136 e. The number of halogens is 1. The van der Waals surface area contributed by atoms with Crippen molar-refractivity contribution in [3.8, 4) is 0 Å². The Kier molecular flexibility index (Phi) is 5.82. The van der Waals surface area contributed by atoms with Gasteiger partial charge in [-0.3, -0.25) is 0 Å². The number of hydrogen-bond acceptors (Lipinski definition) is 4. The quantitative estimate of drug-likeness (QED) is 0.633. The van der Waals surface area contributed by atoms with Gasteiger partial charge in [0, 0.05) is 18.0 Å². The third-order valence-electron chi connectivity index (χ3n) is 2.77. The van der Waals surface area contributed by atoms with Crippen molar-refractivity contribution in [1.29, 1.82) is 0 Å². The van der Waals surface area contributed by atoms with E-state index in [0.717, 1.165) is 10.3 Å². The fourth-order valence-electron chi connectivity index (χ4n) is 1.53. The molecule has 108 valence electrons. The molecule has 1 aromatic heterocycles. The summed E-state index contributed by atoms with van der Waals surface area (Å²) in [5.41, 5.74) is 0.130. The molecular weight excluding hydrogens is 328 g/mol. The lowest BCUT2D eigenvalue weighted by Crippen LogP contribution is -2.50. The number of rotatable bonds is 5. The Hall–Kier alpha value is -0.140. The Balaban J connectivity index is 3.03. The van der Waals surface area contributed by atoms with Gasteiger partial charge in [-0.05, 0) is 62.2 Å². The lowest BCUT2D eigenvalue weighted by atomic mass is 9.95. The van der Waals surface area contributed by atoms with Gasteiger partial charge < -0.3 is 9.66 Å². The molecule has 0 aromatic carbocycles. The highest BCUT2D eigenvalue weighted by Crippen LogP contribution is 2.27. The van der Waals surface area contributed by atoms with E-state index in [0.29, 0.717) is 6.42 Å². The molecule has 2 N–H and O–H groups in total. The molecule has 0 saturated heterocycles. The fraction of sp³-hybridized carbons (Fsp3) is 0.615. The molecule has 1 rings (SSSR count). The molecule has 19 heavy (non-hydrogen) atoms. The third-order valence-corrected chi connectivity index (χ3v) is 4.96. The molecule has 2 atom stereocenters. The van der Waals surface area contributed by atoms with Crippen LogP contribution in [0.25, 0.3) is 0 Å². The summed E-state index contributed by atoms with van der Waals surface area (Å²) in [6.07, 6.45) is 0.443. The number of aliphatic hydroxyl groups is 1. The SMILES string of the molecule is CC(C)(C)[S@@+]([O-])N[C@@](C)(CCO)c1cccc(Br)n1. The largest absolute Gasteiger partial charge is 0.598 e. The maximum Gasteiger partial charge on any atom is 0.136 e. The summed E-state index contributed by atoms with van der Waals surface area (Å²) in [5, 5.41) is 9.27. The van der Waals surface area contributed by atoms with E-state index in [1.807, 2.05) is 45.9 Å². The minimum Gasteiger partial charge on any atom is -0.598 e. The second kappa shape index (κ2) is 6.54. The second-order valence-electron chi connectivity index (χ2n) is 5.63. The lowest BCUT2D eigenvalue weighted by molar-refractivity contribution is 0.234. The van der Waals surface area contributed by atoms with Crippen molar-refractivity contribution in [1.82, 2.24) is 9.71 Å². The Bertz CT molecular complexity index is 425. The predicted molar refractivity (Wildman–Crippen MR) is 82.0 cm³/mol. The standard InChI is InChI=1S/C13H21BrN2O2S/c1-12(2,3)19(18)16-13(4,8-9-17)10-6-5-7-11(14)15-10/h5-7,16-17H,8-9H2,1-4H3/t13-,19+/m0/s1. The van der Waals surface area contributed by atoms with Crippen molar-refractivity contribution in [2.24, 2.45) is 0 Å². The normalized spacial score (nSPS) is 17.0. The number of hydrogen-bond donors (Lipinski definition) is 2. The molecule has 0 aliphatic heterocycles. The van der Waals surface area contributed by atoms with Gasteiger partial charge in [-0.2, -0.15) is 0 Å². The first-order chi connectivity index (χ1) is 8.69. The molecule has 4 nitrogen and oxygen atoms in total. The van der Waals surface area contributed by atoms with Crippen molar-refractivity contribution in [3.63, 3.8) is 0 Å². The Morgan fingerprint density at radius 2 is 2.00 bits per heavy atom. The summed E-state index contributed by atoms with van der Waals surface area (Å²) in [4.78, 5) is 4.41. The van der Waals surface area contributed by atoms with Crippen LogP contribution in [0, 0.1) is 0 Å². The van der Waals surface area contributed by atoms with Crippen LogP contribution in [0.5, 0.6) is 0 Å². The molecule has 1 aromatic rings. The second-order valence-corrected chi connectivity index (χ2v) is 8.41. The summed E-state index contributed by atoms with van der Waals surface area (Å²) in [6, 6.07) is 5.58. The van der Waals surface area contributed by atoms with Crippen molar-refractivity contribution in [2.45, 2.75) is 44.4 Å². The zero-order valence-corrected chi connectivity index (χ0v) is 14.1. The summed E-state index contributed by atoms with van der Waals surface area (Å²) in [7, 11) is 0. The molecular formula is C13H21BrN2O2S. The zero-order valence-electron chi connectivity index (χ0n) is 11.7. The third kappa shape index (κ3) is 4.72. The van der Waals surface area contributed by atoms with Crippen molar-refractivity contribution < 1.29 is 9.66 Å². The molecule has 1 heterocycles. The lowest BCUT2D eigenvalue weighted by Gasteiger charge is -2.34. The van der Waals surface area contributed by atoms with Crippen LogP contribution in [0.15, 0.2) is 22.8 Å². The van der Waals surface area contributed by atoms with Gasteiger partial charge in [0.2, 0.25) is 0 Å². The van der Waals surface area contributed by atoms with Gasteiger partial charge in [0.25, 0.3) is 0 Å². The van der Waals surface area contributed by atoms with E-state index in [2.05, 4.69) is 25.6 Å². The molecule has 0 radical (unpaired) electrons. The summed E-state index contributed by atoms with van der Waals surface area (Å²) in [6.45, 7) is 7.62. The number of nitrogens with zero attached hydrogens (tertiary/aromatic N) is 1. The van der Waals surface area contributed by atoms with Crippen LogP contribution in [-0.2, 0) is 16.9 Å². The van der Waals surface area contributed by atoms with Gasteiger partial charge in [-0.15, -0.1) is 4.72 Å². The van der Waals surface area contributed by atoms with Crippen molar-refractivity contribution in [2.75, 3.05) is 6.61 Å². The average molecular weight is 349 g/mol. The van der Waals surface area contributed by atoms with E-state index in [1.165, 1.54) is 0 Å². The molecule has 0 aliphatic carbocycles. The highest BCUT2D eigenvalue weighted by atomic mass is 79.9. The molecule has 0 amide bonds. The topological polar surface area (TPSA) is 68.2 Å². The molecule has 6 heteroatoms. The van der Waals surface area contributed by atoms with E-state index < -0.39 is 16.9 Å². The fourth-order valence-corrected chi connectivity index (χ4v) is 2.79. The van der Waals surface area contributed by atoms with E-state index in [4.69, 9.17) is 0 Å². The van der Waals surface area contributed by atoms with E-state index >= 15 is 0 Å². The minimum atomic E-state index is -1.23. The predicted octanol–water partition coefficient (Wildman–Crippen LogP) is 2.49. The first-order valence-electron chi connectivity index (χ1n) is 6.12. The monoisotopic (exact) mass is 348 g/mol. The summed E-state index contributed by atoms with van der Waals surface area (Å²) in [5.74, 6) is 0. The summed E-state index contributed by atoms with van der Waals surface area (Å²) < 4.78 is 15.7. The maximum absolute atomic E-state index is 12.3. The van der Waals surface area contributed by atoms with Crippen LogP contribution in [0.4, 0.5) is 0 Å². The van der Waals surface area contributed by atoms with Gasteiger partial charge in [0.15, 0.2) is 0 Å². The summed E-state index contributed by atoms with van der Waals surface area (Å²) >= 11 is 2.10. The van der Waals surface area contributed by atoms with Gasteiger partial charge in [-0.25, -0.2) is 4.98 Å². The van der Waals surface area contributed by atoms with Gasteiger partial charge in [0.05, 0.1) is 5.69 Å². The van der Waals surface area contributed by atoms with E-state index in [-0.39, 0.29) is 11.4 Å². The number of nitrogens with one attached hydrogen (secondary N) is 1. The first-order valence-corrected chi connectivity index (χ1v) is 8.07. The van der Waals surface area contributed by atoms with Crippen LogP contribution in [0.1, 0.15) is 39.8 Å². The van der Waals surface area contributed by atoms with Crippen molar-refractivity contribution in [3.05, 3.63) is 28.5 Å². The molecule has 0 aliphatic rings. The maximum atomic E-state index is 12.3. The van der Waals surface area contributed by atoms with Crippen LogP contribution in [0.3, 0.4) is 0 Å². The molecule has 0 unspecified atom stereocenters. The van der Waals surface area contributed by atoms with Crippen LogP contribution in [0.2, 0.25) is 0 Å². The number of pyridine rings is 1. The van der Waals surface area contributed by atoms with Gasteiger partial charge in [0.1, 0.15) is 14.9 Å². The number of aliphatic hydroxyl groups excluding tert-OH is 1. The first kappa shape index (κ1) is 16.9.